The number of nitrogens with zero attached hydrogens (tertiary/aromatic N) is 2. The number of carbonyl (C=O) groups is 1. The van der Waals surface area contributed by atoms with Gasteiger partial charge < -0.3 is 14.4 Å². The molecule has 0 bridgehead atoms. The van der Waals surface area contributed by atoms with Crippen LogP contribution in [-0.2, 0) is 16.1 Å². The molecule has 1 amide bonds. The standard InChI is InChI=1S/C15H20N2O3/c1-16-7-8-19-14-10-17(9-13(14)16)15(18)20-11-12-5-3-2-4-6-12/h2-6,13-14H,7-11H2,1H3/t13-,14-/m0/s1. The molecular formula is C15H20N2O3. The van der Waals surface area contributed by atoms with Crippen molar-refractivity contribution in [2.75, 3.05) is 33.3 Å². The monoisotopic (exact) mass is 276 g/mol. The van der Waals surface area contributed by atoms with E-state index in [1.807, 2.05) is 30.3 Å². The maximum Gasteiger partial charge on any atom is 0.410 e. The number of amides is 1. The molecule has 0 unspecified atom stereocenters. The van der Waals surface area contributed by atoms with Crippen LogP contribution in [0.1, 0.15) is 5.56 Å². The van der Waals surface area contributed by atoms with Crippen molar-refractivity contribution >= 4 is 6.09 Å². The normalized spacial score (nSPS) is 26.4. The highest BCUT2D eigenvalue weighted by Crippen LogP contribution is 2.22. The van der Waals surface area contributed by atoms with Crippen molar-refractivity contribution in [2.45, 2.75) is 18.8 Å². The molecule has 0 radical (unpaired) electrons. The van der Waals surface area contributed by atoms with Crippen LogP contribution in [0.2, 0.25) is 0 Å². The van der Waals surface area contributed by atoms with Crippen LogP contribution in [0.3, 0.4) is 0 Å². The Morgan fingerprint density at radius 1 is 1.35 bits per heavy atom. The highest BCUT2D eigenvalue weighted by molar-refractivity contribution is 5.68. The first-order valence-electron chi connectivity index (χ1n) is 7.01. The third-order valence-electron chi connectivity index (χ3n) is 4.04. The smallest absolute Gasteiger partial charge is 0.410 e. The van der Waals surface area contributed by atoms with E-state index in [1.54, 1.807) is 4.90 Å². The second kappa shape index (κ2) is 5.81. The van der Waals surface area contributed by atoms with E-state index in [9.17, 15) is 4.79 Å². The number of likely N-dealkylation sites (N-methyl/N-ethyl adjacent to an activating group) is 1. The van der Waals surface area contributed by atoms with Gasteiger partial charge in [-0.2, -0.15) is 0 Å². The van der Waals surface area contributed by atoms with Gasteiger partial charge in [-0.15, -0.1) is 0 Å². The Kier molecular flexibility index (Phi) is 3.89. The number of hydrogen-bond acceptors (Lipinski definition) is 4. The second-order valence-corrected chi connectivity index (χ2v) is 5.40. The minimum absolute atomic E-state index is 0.123. The first kappa shape index (κ1) is 13.4. The Morgan fingerprint density at radius 3 is 2.90 bits per heavy atom. The summed E-state index contributed by atoms with van der Waals surface area (Å²) in [5, 5.41) is 0. The molecule has 5 nitrogen and oxygen atoms in total. The number of benzene rings is 1. The van der Waals surface area contributed by atoms with E-state index >= 15 is 0 Å². The first-order chi connectivity index (χ1) is 9.74. The molecular weight excluding hydrogens is 256 g/mol. The van der Waals surface area contributed by atoms with Crippen LogP contribution in [0.4, 0.5) is 4.79 Å². The number of hydrogen-bond donors (Lipinski definition) is 0. The summed E-state index contributed by atoms with van der Waals surface area (Å²) >= 11 is 0. The van der Waals surface area contributed by atoms with E-state index in [0.717, 1.165) is 18.7 Å². The van der Waals surface area contributed by atoms with Gasteiger partial charge in [0, 0.05) is 13.1 Å². The summed E-state index contributed by atoms with van der Waals surface area (Å²) in [6.45, 7) is 3.30. The van der Waals surface area contributed by atoms with Crippen LogP contribution in [0.25, 0.3) is 0 Å². The van der Waals surface area contributed by atoms with E-state index in [2.05, 4.69) is 11.9 Å². The average Bonchev–Trinajstić information content (AvgIpc) is 2.91. The van der Waals surface area contributed by atoms with Crippen molar-refractivity contribution in [3.05, 3.63) is 35.9 Å². The third-order valence-corrected chi connectivity index (χ3v) is 4.04. The molecule has 2 fully saturated rings. The fourth-order valence-electron chi connectivity index (χ4n) is 2.82. The number of ether oxygens (including phenoxy) is 2. The molecule has 2 heterocycles. The number of likely N-dealkylation sites (tertiary alicyclic amines) is 1. The Balaban J connectivity index is 1.53. The van der Waals surface area contributed by atoms with E-state index in [-0.39, 0.29) is 12.2 Å². The quantitative estimate of drug-likeness (QED) is 0.817. The van der Waals surface area contributed by atoms with Crippen LogP contribution < -0.4 is 0 Å². The minimum atomic E-state index is -0.250. The molecule has 2 aliphatic heterocycles. The largest absolute Gasteiger partial charge is 0.445 e. The Hall–Kier alpha value is -1.59. The highest BCUT2D eigenvalue weighted by atomic mass is 16.6. The Bertz CT molecular complexity index is 465. The molecule has 0 saturated carbocycles. The predicted molar refractivity (Wildman–Crippen MR) is 74.4 cm³/mol. The van der Waals surface area contributed by atoms with Crippen LogP contribution in [0.5, 0.6) is 0 Å². The van der Waals surface area contributed by atoms with Crippen LogP contribution in [0, 0.1) is 0 Å². The molecule has 0 spiro atoms. The lowest BCUT2D eigenvalue weighted by Crippen LogP contribution is -2.48. The second-order valence-electron chi connectivity index (χ2n) is 5.40. The molecule has 1 aromatic carbocycles. The van der Waals surface area contributed by atoms with Crippen molar-refractivity contribution in [3.8, 4) is 0 Å². The number of carbonyl (C=O) groups excluding carboxylic acids is 1. The summed E-state index contributed by atoms with van der Waals surface area (Å²) in [4.78, 5) is 16.1. The van der Waals surface area contributed by atoms with Crippen molar-refractivity contribution in [2.24, 2.45) is 0 Å². The van der Waals surface area contributed by atoms with Gasteiger partial charge >= 0.3 is 6.09 Å². The lowest BCUT2D eigenvalue weighted by atomic mass is 10.1. The van der Waals surface area contributed by atoms with Gasteiger partial charge in [-0.1, -0.05) is 30.3 Å². The van der Waals surface area contributed by atoms with Gasteiger partial charge in [-0.25, -0.2) is 4.79 Å². The Labute approximate surface area is 119 Å². The average molecular weight is 276 g/mol. The zero-order chi connectivity index (χ0) is 13.9. The number of morpholine rings is 1. The van der Waals surface area contributed by atoms with Crippen molar-refractivity contribution in [1.82, 2.24) is 9.80 Å². The summed E-state index contributed by atoms with van der Waals surface area (Å²) < 4.78 is 11.1. The molecule has 0 aliphatic carbocycles. The van der Waals surface area contributed by atoms with E-state index in [1.165, 1.54) is 0 Å². The maximum atomic E-state index is 12.1. The molecule has 2 aliphatic rings. The zero-order valence-electron chi connectivity index (χ0n) is 11.7. The van der Waals surface area contributed by atoms with Crippen LogP contribution >= 0.6 is 0 Å². The molecule has 1 aromatic rings. The van der Waals surface area contributed by atoms with Crippen LogP contribution in [0.15, 0.2) is 30.3 Å². The first-order valence-corrected chi connectivity index (χ1v) is 7.01. The molecule has 0 N–H and O–H groups in total. The van der Waals surface area contributed by atoms with Crippen LogP contribution in [-0.4, -0.2) is 61.3 Å². The van der Waals surface area contributed by atoms with E-state index in [4.69, 9.17) is 9.47 Å². The SMILES string of the molecule is CN1CCO[C@H]2CN(C(=O)OCc3ccccc3)C[C@@H]21. The molecule has 2 atom stereocenters. The van der Waals surface area contributed by atoms with E-state index < -0.39 is 0 Å². The van der Waals surface area contributed by atoms with Gasteiger partial charge in [-0.3, -0.25) is 4.90 Å². The van der Waals surface area contributed by atoms with Crippen molar-refractivity contribution in [3.63, 3.8) is 0 Å². The molecule has 5 heteroatoms. The molecule has 108 valence electrons. The summed E-state index contributed by atoms with van der Waals surface area (Å²) in [6.07, 6.45) is -0.127. The van der Waals surface area contributed by atoms with Gasteiger partial charge in [0.2, 0.25) is 0 Å². The lowest BCUT2D eigenvalue weighted by Gasteiger charge is -2.33. The zero-order valence-corrected chi connectivity index (χ0v) is 11.7. The number of fused-ring (bicyclic) bond motifs is 1. The van der Waals surface area contributed by atoms with Gasteiger partial charge in [0.05, 0.1) is 25.3 Å². The summed E-state index contributed by atoms with van der Waals surface area (Å²) in [7, 11) is 2.08. The third kappa shape index (κ3) is 2.78. The van der Waals surface area contributed by atoms with Gasteiger partial charge in [0.25, 0.3) is 0 Å². The molecule has 20 heavy (non-hydrogen) atoms. The Morgan fingerprint density at radius 2 is 2.15 bits per heavy atom. The lowest BCUT2D eigenvalue weighted by molar-refractivity contribution is -0.0369. The highest BCUT2D eigenvalue weighted by Gasteiger charge is 2.40. The van der Waals surface area contributed by atoms with Gasteiger partial charge in [-0.05, 0) is 12.6 Å². The minimum Gasteiger partial charge on any atom is -0.445 e. The van der Waals surface area contributed by atoms with E-state index in [0.29, 0.717) is 25.7 Å². The fraction of sp³-hybridized carbons (Fsp3) is 0.533. The summed E-state index contributed by atoms with van der Waals surface area (Å²) in [5.74, 6) is 0. The number of rotatable bonds is 2. The molecule has 3 rings (SSSR count). The topological polar surface area (TPSA) is 42.0 Å². The maximum absolute atomic E-state index is 12.1. The summed E-state index contributed by atoms with van der Waals surface area (Å²) in [5.41, 5.74) is 1.01. The van der Waals surface area contributed by atoms with Gasteiger partial charge in [0.1, 0.15) is 6.61 Å². The predicted octanol–water partition coefficient (Wildman–Crippen LogP) is 1.34. The van der Waals surface area contributed by atoms with Gasteiger partial charge in [0.15, 0.2) is 0 Å². The van der Waals surface area contributed by atoms with Crippen molar-refractivity contribution < 1.29 is 14.3 Å². The fourth-order valence-corrected chi connectivity index (χ4v) is 2.82. The molecule has 2 saturated heterocycles. The molecule has 0 aromatic heterocycles. The summed E-state index contributed by atoms with van der Waals surface area (Å²) in [6, 6.07) is 10.0. The van der Waals surface area contributed by atoms with Crippen molar-refractivity contribution in [1.29, 1.82) is 0 Å².